The fourth-order valence-electron chi connectivity index (χ4n) is 2.51. The predicted molar refractivity (Wildman–Crippen MR) is 100 cm³/mol. The molecule has 1 heterocycles. The van der Waals surface area contributed by atoms with E-state index in [0.717, 1.165) is 10.7 Å². The van der Waals surface area contributed by atoms with Crippen molar-refractivity contribution in [1.82, 2.24) is 10.3 Å². The molecule has 0 aliphatic heterocycles. The van der Waals surface area contributed by atoms with Crippen molar-refractivity contribution < 1.29 is 13.9 Å². The molecule has 0 aliphatic rings. The Balaban J connectivity index is 1.59. The maximum absolute atomic E-state index is 13.6. The number of amides is 1. The molecule has 2 aromatic carbocycles. The summed E-state index contributed by atoms with van der Waals surface area (Å²) in [6.07, 6.45) is 0.430. The molecule has 0 radical (unpaired) electrons. The lowest BCUT2D eigenvalue weighted by Gasteiger charge is -2.11. The van der Waals surface area contributed by atoms with E-state index in [-0.39, 0.29) is 11.7 Å². The zero-order valence-electron chi connectivity index (χ0n) is 14.4. The second-order valence-electron chi connectivity index (χ2n) is 5.74. The first-order chi connectivity index (χ1) is 12.6. The summed E-state index contributed by atoms with van der Waals surface area (Å²) in [5.41, 5.74) is 1.87. The van der Waals surface area contributed by atoms with Crippen LogP contribution in [0.5, 0.6) is 5.75 Å². The van der Waals surface area contributed by atoms with Crippen LogP contribution in [0, 0.1) is 12.7 Å². The van der Waals surface area contributed by atoms with Crippen molar-refractivity contribution in [2.24, 2.45) is 0 Å². The van der Waals surface area contributed by atoms with Crippen LogP contribution in [-0.4, -0.2) is 17.4 Å². The largest absolute Gasteiger partial charge is 0.486 e. The molecule has 4 nitrogen and oxygen atoms in total. The van der Waals surface area contributed by atoms with Crippen LogP contribution in [0.1, 0.15) is 26.6 Å². The number of nitrogens with zero attached hydrogens (tertiary/aromatic N) is 1. The van der Waals surface area contributed by atoms with Gasteiger partial charge in [0.05, 0.1) is 16.3 Å². The Bertz CT molecular complexity index is 895. The molecule has 1 aromatic heterocycles. The molecule has 26 heavy (non-hydrogen) atoms. The minimum atomic E-state index is -0.260. The standard InChI is InChI=1S/C20H19FN2O2S/c1-14-23-16(13-26-14)12-25-19-9-5-3-7-17(19)20(24)22-11-10-15-6-2-4-8-18(15)21/h2-9,13H,10-12H2,1H3,(H,22,24). The molecule has 134 valence electrons. The average Bonchev–Trinajstić information content (AvgIpc) is 3.07. The van der Waals surface area contributed by atoms with Crippen molar-refractivity contribution in [3.8, 4) is 5.75 Å². The number of aryl methyl sites for hydroxylation is 1. The first-order valence-electron chi connectivity index (χ1n) is 8.28. The molecule has 0 bridgehead atoms. The molecule has 0 saturated heterocycles. The summed E-state index contributed by atoms with van der Waals surface area (Å²) in [6.45, 7) is 2.59. The number of ether oxygens (including phenoxy) is 1. The van der Waals surface area contributed by atoms with Crippen LogP contribution in [0.4, 0.5) is 4.39 Å². The molecule has 0 unspecified atom stereocenters. The first kappa shape index (κ1) is 18.1. The summed E-state index contributed by atoms with van der Waals surface area (Å²) in [6, 6.07) is 13.6. The minimum Gasteiger partial charge on any atom is -0.486 e. The predicted octanol–water partition coefficient (Wildman–Crippen LogP) is 4.14. The number of aromatic nitrogens is 1. The van der Waals surface area contributed by atoms with Gasteiger partial charge in [0.2, 0.25) is 0 Å². The average molecular weight is 370 g/mol. The Morgan fingerprint density at radius 3 is 2.73 bits per heavy atom. The quantitative estimate of drug-likeness (QED) is 0.680. The molecule has 0 saturated carbocycles. The van der Waals surface area contributed by atoms with E-state index < -0.39 is 0 Å². The normalized spacial score (nSPS) is 10.5. The zero-order chi connectivity index (χ0) is 18.4. The van der Waals surface area contributed by atoms with Crippen molar-refractivity contribution in [3.63, 3.8) is 0 Å². The van der Waals surface area contributed by atoms with Gasteiger partial charge in [0.25, 0.3) is 5.91 Å². The van der Waals surface area contributed by atoms with Crippen LogP contribution < -0.4 is 10.1 Å². The van der Waals surface area contributed by atoms with Gasteiger partial charge in [-0.05, 0) is 37.1 Å². The highest BCUT2D eigenvalue weighted by Crippen LogP contribution is 2.20. The third-order valence-corrected chi connectivity index (χ3v) is 4.63. The molecule has 0 aliphatic carbocycles. The minimum absolute atomic E-state index is 0.244. The molecule has 0 spiro atoms. The summed E-state index contributed by atoms with van der Waals surface area (Å²) in [7, 11) is 0. The number of halogens is 1. The molecule has 0 fully saturated rings. The van der Waals surface area contributed by atoms with Gasteiger partial charge in [-0.25, -0.2) is 9.37 Å². The number of para-hydroxylation sites is 1. The van der Waals surface area contributed by atoms with Gasteiger partial charge in [-0.1, -0.05) is 30.3 Å². The second kappa shape index (κ2) is 8.58. The topological polar surface area (TPSA) is 51.2 Å². The van der Waals surface area contributed by atoms with Gasteiger partial charge in [-0.3, -0.25) is 4.79 Å². The van der Waals surface area contributed by atoms with Crippen LogP contribution in [0.3, 0.4) is 0 Å². The van der Waals surface area contributed by atoms with Gasteiger partial charge in [-0.15, -0.1) is 11.3 Å². The lowest BCUT2D eigenvalue weighted by atomic mass is 10.1. The van der Waals surface area contributed by atoms with Crippen LogP contribution in [0.15, 0.2) is 53.9 Å². The molecule has 1 N–H and O–H groups in total. The summed E-state index contributed by atoms with van der Waals surface area (Å²) in [5.74, 6) is -0.00280. The summed E-state index contributed by atoms with van der Waals surface area (Å²) in [5, 5.41) is 5.73. The van der Waals surface area contributed by atoms with Crippen molar-refractivity contribution in [3.05, 3.63) is 81.6 Å². The van der Waals surface area contributed by atoms with E-state index in [9.17, 15) is 9.18 Å². The number of carbonyl (C=O) groups is 1. The number of thiazole rings is 1. The van der Waals surface area contributed by atoms with Crippen LogP contribution in [0.25, 0.3) is 0 Å². The van der Waals surface area contributed by atoms with Gasteiger partial charge >= 0.3 is 0 Å². The molecule has 1 amide bonds. The molecule has 0 atom stereocenters. The van der Waals surface area contributed by atoms with E-state index in [0.29, 0.717) is 36.4 Å². The number of rotatable bonds is 7. The Morgan fingerprint density at radius 1 is 1.19 bits per heavy atom. The highest BCUT2D eigenvalue weighted by atomic mass is 32.1. The number of hydrogen-bond acceptors (Lipinski definition) is 4. The Morgan fingerprint density at radius 2 is 1.96 bits per heavy atom. The number of hydrogen-bond donors (Lipinski definition) is 1. The fourth-order valence-corrected chi connectivity index (χ4v) is 3.11. The van der Waals surface area contributed by atoms with Crippen LogP contribution >= 0.6 is 11.3 Å². The van der Waals surface area contributed by atoms with Crippen molar-refractivity contribution >= 4 is 17.2 Å². The van der Waals surface area contributed by atoms with Gasteiger partial charge in [-0.2, -0.15) is 0 Å². The molecular weight excluding hydrogens is 351 g/mol. The summed E-state index contributed by atoms with van der Waals surface area (Å²) in [4.78, 5) is 16.8. The van der Waals surface area contributed by atoms with Gasteiger partial charge < -0.3 is 10.1 Å². The van der Waals surface area contributed by atoms with Crippen LogP contribution in [-0.2, 0) is 13.0 Å². The molecule has 3 aromatic rings. The van der Waals surface area contributed by atoms with Gasteiger partial charge in [0, 0.05) is 11.9 Å². The monoisotopic (exact) mass is 370 g/mol. The lowest BCUT2D eigenvalue weighted by Crippen LogP contribution is -2.26. The van der Waals surface area contributed by atoms with E-state index in [2.05, 4.69) is 10.3 Å². The summed E-state index contributed by atoms with van der Waals surface area (Å²) < 4.78 is 19.4. The third-order valence-electron chi connectivity index (χ3n) is 3.81. The number of benzene rings is 2. The van der Waals surface area contributed by atoms with Gasteiger partial charge in [0.15, 0.2) is 0 Å². The van der Waals surface area contributed by atoms with Crippen molar-refractivity contribution in [1.29, 1.82) is 0 Å². The SMILES string of the molecule is Cc1nc(COc2ccccc2C(=O)NCCc2ccccc2F)cs1. The lowest BCUT2D eigenvalue weighted by molar-refractivity contribution is 0.0949. The smallest absolute Gasteiger partial charge is 0.255 e. The van der Waals surface area contributed by atoms with E-state index in [1.54, 1.807) is 47.7 Å². The summed E-state index contributed by atoms with van der Waals surface area (Å²) >= 11 is 1.56. The number of nitrogens with one attached hydrogen (secondary N) is 1. The second-order valence-corrected chi connectivity index (χ2v) is 6.80. The molecule has 6 heteroatoms. The van der Waals surface area contributed by atoms with Gasteiger partial charge in [0.1, 0.15) is 18.2 Å². The van der Waals surface area contributed by atoms with E-state index >= 15 is 0 Å². The Kier molecular flexibility index (Phi) is 5.96. The maximum atomic E-state index is 13.6. The highest BCUT2D eigenvalue weighted by Gasteiger charge is 2.12. The zero-order valence-corrected chi connectivity index (χ0v) is 15.2. The highest BCUT2D eigenvalue weighted by molar-refractivity contribution is 7.09. The first-order valence-corrected chi connectivity index (χ1v) is 9.16. The third kappa shape index (κ3) is 4.67. The van der Waals surface area contributed by atoms with E-state index in [1.165, 1.54) is 6.07 Å². The fraction of sp³-hybridized carbons (Fsp3) is 0.200. The van der Waals surface area contributed by atoms with Crippen molar-refractivity contribution in [2.75, 3.05) is 6.54 Å². The molecule has 3 rings (SSSR count). The van der Waals surface area contributed by atoms with Crippen LogP contribution in [0.2, 0.25) is 0 Å². The molecular formula is C20H19FN2O2S. The Hall–Kier alpha value is -2.73. The van der Waals surface area contributed by atoms with E-state index in [4.69, 9.17) is 4.74 Å². The maximum Gasteiger partial charge on any atom is 0.255 e. The van der Waals surface area contributed by atoms with E-state index in [1.807, 2.05) is 18.4 Å². The Labute approximate surface area is 155 Å². The van der Waals surface area contributed by atoms with Crippen molar-refractivity contribution in [2.45, 2.75) is 20.0 Å². The number of carbonyl (C=O) groups excluding carboxylic acids is 1.